The predicted octanol–water partition coefficient (Wildman–Crippen LogP) is 2.52. The van der Waals surface area contributed by atoms with E-state index in [4.69, 9.17) is 9.47 Å². The average Bonchev–Trinajstić information content (AvgIpc) is 2.72. The molecule has 0 aromatic heterocycles. The molecule has 0 atom stereocenters. The normalized spacial score (nSPS) is 11.1. The molecule has 0 spiro atoms. The molecule has 2 rings (SSSR count). The zero-order valence-corrected chi connectivity index (χ0v) is 19.3. The van der Waals surface area contributed by atoms with Gasteiger partial charge in [-0.2, -0.15) is 5.10 Å². The highest BCUT2D eigenvalue weighted by atomic mass is 79.9. The van der Waals surface area contributed by atoms with Crippen LogP contribution in [-0.4, -0.2) is 53.7 Å². The summed E-state index contributed by atoms with van der Waals surface area (Å²) in [4.78, 5) is 23.5. The van der Waals surface area contributed by atoms with Crippen molar-refractivity contribution < 1.29 is 32.2 Å². The fraction of sp³-hybridized carbons (Fsp3) is 0.211. The summed E-state index contributed by atoms with van der Waals surface area (Å²) in [5, 5.41) is 3.83. The lowest BCUT2D eigenvalue weighted by atomic mass is 10.2. The highest BCUT2D eigenvalue weighted by Crippen LogP contribution is 2.28. The maximum Gasteiger partial charge on any atom is 0.513 e. The number of para-hydroxylation sites is 1. The van der Waals surface area contributed by atoms with Crippen LogP contribution in [0.2, 0.25) is 0 Å². The third kappa shape index (κ3) is 6.96. The molecule has 0 bridgehead atoms. The number of hydrogen-bond acceptors (Lipinski definition) is 8. The summed E-state index contributed by atoms with van der Waals surface area (Å²) in [6.45, 7) is -0.464. The van der Waals surface area contributed by atoms with Crippen LogP contribution >= 0.6 is 15.9 Å². The maximum absolute atomic E-state index is 12.3. The third-order valence-electron chi connectivity index (χ3n) is 3.76. The van der Waals surface area contributed by atoms with Gasteiger partial charge < -0.3 is 14.2 Å². The first-order valence-electron chi connectivity index (χ1n) is 8.63. The summed E-state index contributed by atoms with van der Waals surface area (Å²) in [6, 6.07) is 11.2. The Bertz CT molecular complexity index is 1090. The van der Waals surface area contributed by atoms with Crippen LogP contribution in [0.4, 0.5) is 10.5 Å². The van der Waals surface area contributed by atoms with Gasteiger partial charge >= 0.3 is 6.16 Å². The molecule has 0 aliphatic rings. The molecule has 0 saturated carbocycles. The number of carbonyl (C=O) groups is 2. The van der Waals surface area contributed by atoms with E-state index in [-0.39, 0.29) is 11.5 Å². The van der Waals surface area contributed by atoms with Crippen LogP contribution in [0.25, 0.3) is 0 Å². The van der Waals surface area contributed by atoms with Crippen molar-refractivity contribution in [3.05, 3.63) is 52.5 Å². The molecular formula is C19H20BrN3O7S. The second-order valence-corrected chi connectivity index (χ2v) is 8.74. The van der Waals surface area contributed by atoms with Gasteiger partial charge in [0.1, 0.15) is 6.54 Å². The highest BCUT2D eigenvalue weighted by molar-refractivity contribution is 9.10. The molecule has 0 aliphatic carbocycles. The van der Waals surface area contributed by atoms with Gasteiger partial charge in [-0.05, 0) is 51.8 Å². The number of benzene rings is 2. The van der Waals surface area contributed by atoms with Gasteiger partial charge in [-0.15, -0.1) is 0 Å². The number of halogens is 1. The Kier molecular flexibility index (Phi) is 8.39. The summed E-state index contributed by atoms with van der Waals surface area (Å²) in [5.74, 6) is -0.249. The third-order valence-corrected chi connectivity index (χ3v) is 5.56. The van der Waals surface area contributed by atoms with E-state index in [0.29, 0.717) is 15.7 Å². The van der Waals surface area contributed by atoms with Gasteiger partial charge in [0.2, 0.25) is 10.0 Å². The van der Waals surface area contributed by atoms with Crippen molar-refractivity contribution in [3.8, 4) is 11.5 Å². The number of amides is 1. The summed E-state index contributed by atoms with van der Waals surface area (Å²) in [6.07, 6.45) is 1.44. The molecule has 0 fully saturated rings. The number of nitrogens with zero attached hydrogens (tertiary/aromatic N) is 2. The van der Waals surface area contributed by atoms with Gasteiger partial charge in [0.25, 0.3) is 5.91 Å². The van der Waals surface area contributed by atoms with Gasteiger partial charge in [-0.3, -0.25) is 9.10 Å². The zero-order chi connectivity index (χ0) is 23.0. The average molecular weight is 514 g/mol. The van der Waals surface area contributed by atoms with Crippen molar-refractivity contribution >= 4 is 49.9 Å². The molecule has 12 heteroatoms. The Morgan fingerprint density at radius 2 is 1.87 bits per heavy atom. The number of ether oxygens (including phenoxy) is 3. The van der Waals surface area contributed by atoms with Crippen LogP contribution in [0, 0.1) is 0 Å². The first kappa shape index (κ1) is 24.2. The number of sulfonamides is 1. The number of hydrazone groups is 1. The molecular weight excluding hydrogens is 494 g/mol. The number of rotatable bonds is 8. The van der Waals surface area contributed by atoms with Gasteiger partial charge in [-0.1, -0.05) is 12.1 Å². The van der Waals surface area contributed by atoms with Crippen molar-refractivity contribution in [2.45, 2.75) is 0 Å². The van der Waals surface area contributed by atoms with E-state index >= 15 is 0 Å². The van der Waals surface area contributed by atoms with Crippen LogP contribution in [0.1, 0.15) is 5.56 Å². The van der Waals surface area contributed by atoms with E-state index in [2.05, 4.69) is 31.2 Å². The molecule has 166 valence electrons. The lowest BCUT2D eigenvalue weighted by molar-refractivity contribution is -0.119. The van der Waals surface area contributed by atoms with E-state index in [0.717, 1.165) is 10.6 Å². The first-order valence-corrected chi connectivity index (χ1v) is 11.3. The standard InChI is InChI=1S/C19H20BrN3O7S/c1-28-17-10-13(8-9-16(17)30-19(25)29-2)11-21-22-18(24)12-23(31(3,26)27)15-7-5-4-6-14(15)20/h4-11H,12H2,1-3H3,(H,22,24). The Hall–Kier alpha value is -3.12. The van der Waals surface area contributed by atoms with Crippen LogP contribution in [-0.2, 0) is 19.6 Å². The topological polar surface area (TPSA) is 124 Å². The van der Waals surface area contributed by atoms with Gasteiger partial charge in [0.05, 0.1) is 32.4 Å². The minimum Gasteiger partial charge on any atom is -0.493 e. The second kappa shape index (κ2) is 10.8. The smallest absolute Gasteiger partial charge is 0.493 e. The molecule has 0 heterocycles. The molecule has 1 N–H and O–H groups in total. The second-order valence-electron chi connectivity index (χ2n) is 5.98. The van der Waals surface area contributed by atoms with Gasteiger partial charge in [0.15, 0.2) is 11.5 Å². The molecule has 31 heavy (non-hydrogen) atoms. The molecule has 0 aliphatic heterocycles. The van der Waals surface area contributed by atoms with E-state index in [1.165, 1.54) is 32.6 Å². The summed E-state index contributed by atoms with van der Waals surface area (Å²) in [7, 11) is -1.14. The van der Waals surface area contributed by atoms with Crippen molar-refractivity contribution in [2.75, 3.05) is 31.3 Å². The van der Waals surface area contributed by atoms with Crippen molar-refractivity contribution in [1.29, 1.82) is 0 Å². The molecule has 2 aromatic carbocycles. The van der Waals surface area contributed by atoms with Crippen LogP contribution in [0.15, 0.2) is 52.0 Å². The fourth-order valence-electron chi connectivity index (χ4n) is 2.36. The van der Waals surface area contributed by atoms with Crippen molar-refractivity contribution in [2.24, 2.45) is 5.10 Å². The van der Waals surface area contributed by atoms with Crippen molar-refractivity contribution in [3.63, 3.8) is 0 Å². The largest absolute Gasteiger partial charge is 0.513 e. The Morgan fingerprint density at radius 1 is 1.16 bits per heavy atom. The van der Waals surface area contributed by atoms with Crippen LogP contribution < -0.4 is 19.2 Å². The highest BCUT2D eigenvalue weighted by Gasteiger charge is 2.22. The summed E-state index contributed by atoms with van der Waals surface area (Å²) < 4.78 is 40.3. The summed E-state index contributed by atoms with van der Waals surface area (Å²) in [5.41, 5.74) is 3.14. The van der Waals surface area contributed by atoms with E-state index in [1.54, 1.807) is 30.3 Å². The van der Waals surface area contributed by atoms with Gasteiger partial charge in [-0.25, -0.2) is 18.6 Å². The van der Waals surface area contributed by atoms with Crippen LogP contribution in [0.3, 0.4) is 0 Å². The van der Waals surface area contributed by atoms with Gasteiger partial charge in [0, 0.05) is 4.47 Å². The number of anilines is 1. The number of carbonyl (C=O) groups excluding carboxylic acids is 2. The monoisotopic (exact) mass is 513 g/mol. The lowest BCUT2D eigenvalue weighted by Gasteiger charge is -2.22. The Labute approximate surface area is 188 Å². The minimum atomic E-state index is -3.72. The van der Waals surface area contributed by atoms with E-state index in [9.17, 15) is 18.0 Å². The molecule has 2 aromatic rings. The number of nitrogens with one attached hydrogen (secondary N) is 1. The maximum atomic E-state index is 12.3. The first-order chi connectivity index (χ1) is 14.7. The SMILES string of the molecule is COC(=O)Oc1ccc(C=NNC(=O)CN(c2ccccc2Br)S(C)(=O)=O)cc1OC. The number of hydrogen-bond donors (Lipinski definition) is 1. The quantitative estimate of drug-likeness (QED) is 0.249. The van der Waals surface area contributed by atoms with E-state index < -0.39 is 28.6 Å². The number of methoxy groups -OCH3 is 2. The predicted molar refractivity (Wildman–Crippen MR) is 118 cm³/mol. The zero-order valence-electron chi connectivity index (χ0n) is 16.9. The minimum absolute atomic E-state index is 0.146. The molecule has 1 amide bonds. The molecule has 0 unspecified atom stereocenters. The molecule has 0 radical (unpaired) electrons. The lowest BCUT2D eigenvalue weighted by Crippen LogP contribution is -2.39. The summed E-state index contributed by atoms with van der Waals surface area (Å²) >= 11 is 3.28. The van der Waals surface area contributed by atoms with E-state index in [1.807, 2.05) is 0 Å². The fourth-order valence-corrected chi connectivity index (χ4v) is 3.84. The van der Waals surface area contributed by atoms with Crippen molar-refractivity contribution in [1.82, 2.24) is 5.43 Å². The Morgan fingerprint density at radius 3 is 2.48 bits per heavy atom. The van der Waals surface area contributed by atoms with Crippen LogP contribution in [0.5, 0.6) is 11.5 Å². The molecule has 0 saturated heterocycles. The Balaban J connectivity index is 2.09. The molecule has 10 nitrogen and oxygen atoms in total.